The zero-order valence-corrected chi connectivity index (χ0v) is 13.8. The van der Waals surface area contributed by atoms with E-state index in [1.807, 2.05) is 13.8 Å². The second kappa shape index (κ2) is 6.60. The zero-order valence-electron chi connectivity index (χ0n) is 12.9. The van der Waals surface area contributed by atoms with E-state index in [0.717, 1.165) is 36.6 Å². The summed E-state index contributed by atoms with van der Waals surface area (Å²) in [5, 5.41) is 6.59. The Morgan fingerprint density at radius 1 is 1.19 bits per heavy atom. The van der Waals surface area contributed by atoms with E-state index in [1.54, 1.807) is 0 Å². The first-order chi connectivity index (χ1) is 9.91. The average Bonchev–Trinajstić information content (AvgIpc) is 2.77. The molecule has 6 nitrogen and oxygen atoms in total. The monoisotopic (exact) mass is 312 g/mol. The SMILES string of the molecule is CCCNc1nc(C)nc(NCC2CCS(=O)(=O)C2)c1C. The van der Waals surface area contributed by atoms with Crippen LogP contribution in [0.4, 0.5) is 11.6 Å². The quantitative estimate of drug-likeness (QED) is 0.833. The molecule has 2 N–H and O–H groups in total. The number of aryl methyl sites for hydroxylation is 1. The van der Waals surface area contributed by atoms with Gasteiger partial charge in [0, 0.05) is 18.7 Å². The Kier molecular flexibility index (Phi) is 5.03. The van der Waals surface area contributed by atoms with Crippen molar-refractivity contribution < 1.29 is 8.42 Å². The van der Waals surface area contributed by atoms with E-state index in [2.05, 4.69) is 27.5 Å². The zero-order chi connectivity index (χ0) is 15.5. The van der Waals surface area contributed by atoms with Crippen LogP contribution < -0.4 is 10.6 Å². The van der Waals surface area contributed by atoms with Gasteiger partial charge in [-0.2, -0.15) is 0 Å². The second-order valence-electron chi connectivity index (χ2n) is 5.67. The van der Waals surface area contributed by atoms with Crippen LogP contribution in [0.5, 0.6) is 0 Å². The highest BCUT2D eigenvalue weighted by Crippen LogP contribution is 2.22. The predicted molar refractivity (Wildman–Crippen MR) is 85.5 cm³/mol. The molecule has 0 bridgehead atoms. The maximum absolute atomic E-state index is 11.5. The predicted octanol–water partition coefficient (Wildman–Crippen LogP) is 1.76. The molecule has 1 aliphatic heterocycles. The number of aromatic nitrogens is 2. The second-order valence-corrected chi connectivity index (χ2v) is 7.90. The fraction of sp³-hybridized carbons (Fsp3) is 0.714. The molecule has 0 amide bonds. The van der Waals surface area contributed by atoms with Gasteiger partial charge < -0.3 is 10.6 Å². The van der Waals surface area contributed by atoms with E-state index in [9.17, 15) is 8.42 Å². The third-order valence-electron chi connectivity index (χ3n) is 3.68. The molecule has 1 unspecified atom stereocenters. The van der Waals surface area contributed by atoms with Gasteiger partial charge in [-0.3, -0.25) is 0 Å². The molecule has 0 aliphatic carbocycles. The fourth-order valence-corrected chi connectivity index (χ4v) is 4.35. The van der Waals surface area contributed by atoms with Crippen LogP contribution in [-0.4, -0.2) is 43.0 Å². The first-order valence-electron chi connectivity index (χ1n) is 7.44. The Balaban J connectivity index is 2.04. The van der Waals surface area contributed by atoms with Crippen LogP contribution in [0.1, 0.15) is 31.2 Å². The van der Waals surface area contributed by atoms with E-state index in [0.29, 0.717) is 18.1 Å². The van der Waals surface area contributed by atoms with E-state index in [-0.39, 0.29) is 11.7 Å². The number of hydrogen-bond donors (Lipinski definition) is 2. The van der Waals surface area contributed by atoms with Crippen LogP contribution in [-0.2, 0) is 9.84 Å². The Hall–Kier alpha value is -1.37. The molecule has 1 fully saturated rings. The molecule has 1 saturated heterocycles. The molecule has 7 heteroatoms. The van der Waals surface area contributed by atoms with Gasteiger partial charge in [-0.25, -0.2) is 18.4 Å². The largest absolute Gasteiger partial charge is 0.370 e. The van der Waals surface area contributed by atoms with Gasteiger partial charge in [-0.05, 0) is 32.6 Å². The Morgan fingerprint density at radius 2 is 1.86 bits per heavy atom. The van der Waals surface area contributed by atoms with Gasteiger partial charge in [0.25, 0.3) is 0 Å². The smallest absolute Gasteiger partial charge is 0.150 e. The minimum Gasteiger partial charge on any atom is -0.370 e. The summed E-state index contributed by atoms with van der Waals surface area (Å²) in [7, 11) is -2.82. The molecule has 1 aliphatic rings. The summed E-state index contributed by atoms with van der Waals surface area (Å²) in [6, 6.07) is 0. The van der Waals surface area contributed by atoms with Crippen molar-refractivity contribution in [3.8, 4) is 0 Å². The van der Waals surface area contributed by atoms with Crippen molar-refractivity contribution in [2.75, 3.05) is 35.2 Å². The number of nitrogens with one attached hydrogen (secondary N) is 2. The standard InChI is InChI=1S/C14H24N4O2S/c1-4-6-15-13-10(2)14(18-11(3)17-13)16-8-12-5-7-21(19,20)9-12/h12H,4-9H2,1-3H3,(H2,15,16,17,18). The molecule has 2 heterocycles. The van der Waals surface area contributed by atoms with Crippen LogP contribution >= 0.6 is 0 Å². The maximum Gasteiger partial charge on any atom is 0.150 e. The number of hydrogen-bond acceptors (Lipinski definition) is 6. The van der Waals surface area contributed by atoms with Gasteiger partial charge in [-0.15, -0.1) is 0 Å². The van der Waals surface area contributed by atoms with Gasteiger partial charge in [0.15, 0.2) is 9.84 Å². The Bertz CT molecular complexity index is 601. The van der Waals surface area contributed by atoms with E-state index < -0.39 is 9.84 Å². The lowest BCUT2D eigenvalue weighted by molar-refractivity contribution is 0.595. The molecule has 1 atom stereocenters. The fourth-order valence-electron chi connectivity index (χ4n) is 2.49. The molecule has 118 valence electrons. The Labute approximate surface area is 126 Å². The molecule has 1 aromatic rings. The van der Waals surface area contributed by atoms with Crippen LogP contribution in [0.3, 0.4) is 0 Å². The molecule has 0 aromatic carbocycles. The molecular formula is C14H24N4O2S. The van der Waals surface area contributed by atoms with Crippen LogP contribution in [0.2, 0.25) is 0 Å². The number of nitrogens with zero attached hydrogens (tertiary/aromatic N) is 2. The number of sulfone groups is 1. The highest BCUT2D eigenvalue weighted by molar-refractivity contribution is 7.91. The van der Waals surface area contributed by atoms with E-state index in [4.69, 9.17) is 0 Å². The molecule has 0 radical (unpaired) electrons. The van der Waals surface area contributed by atoms with Gasteiger partial charge in [0.05, 0.1) is 11.5 Å². The van der Waals surface area contributed by atoms with E-state index >= 15 is 0 Å². The van der Waals surface area contributed by atoms with Crippen molar-refractivity contribution in [3.63, 3.8) is 0 Å². The lowest BCUT2D eigenvalue weighted by Gasteiger charge is -2.15. The topological polar surface area (TPSA) is 84.0 Å². The highest BCUT2D eigenvalue weighted by atomic mass is 32.2. The van der Waals surface area contributed by atoms with Crippen molar-refractivity contribution in [3.05, 3.63) is 11.4 Å². The van der Waals surface area contributed by atoms with Crippen molar-refractivity contribution >= 4 is 21.5 Å². The minimum absolute atomic E-state index is 0.178. The summed E-state index contributed by atoms with van der Waals surface area (Å²) in [4.78, 5) is 8.84. The third-order valence-corrected chi connectivity index (χ3v) is 5.52. The summed E-state index contributed by atoms with van der Waals surface area (Å²) in [6.45, 7) is 7.46. The van der Waals surface area contributed by atoms with Crippen molar-refractivity contribution in [1.29, 1.82) is 0 Å². The summed E-state index contributed by atoms with van der Waals surface area (Å²) < 4.78 is 23.0. The summed E-state index contributed by atoms with van der Waals surface area (Å²) in [5.74, 6) is 3.13. The lowest BCUT2D eigenvalue weighted by Crippen LogP contribution is -2.18. The summed E-state index contributed by atoms with van der Waals surface area (Å²) >= 11 is 0. The molecule has 2 rings (SSSR count). The number of anilines is 2. The van der Waals surface area contributed by atoms with E-state index in [1.165, 1.54) is 0 Å². The molecule has 21 heavy (non-hydrogen) atoms. The third kappa shape index (κ3) is 4.30. The maximum atomic E-state index is 11.5. The Morgan fingerprint density at radius 3 is 2.43 bits per heavy atom. The van der Waals surface area contributed by atoms with Gasteiger partial charge in [0.2, 0.25) is 0 Å². The van der Waals surface area contributed by atoms with Crippen molar-refractivity contribution in [2.24, 2.45) is 5.92 Å². The first-order valence-corrected chi connectivity index (χ1v) is 9.27. The van der Waals surface area contributed by atoms with Crippen molar-refractivity contribution in [2.45, 2.75) is 33.6 Å². The first kappa shape index (κ1) is 16.0. The van der Waals surface area contributed by atoms with Gasteiger partial charge >= 0.3 is 0 Å². The minimum atomic E-state index is -2.82. The highest BCUT2D eigenvalue weighted by Gasteiger charge is 2.27. The van der Waals surface area contributed by atoms with Crippen LogP contribution in [0.15, 0.2) is 0 Å². The molecule has 1 aromatic heterocycles. The van der Waals surface area contributed by atoms with Gasteiger partial charge in [0.1, 0.15) is 17.5 Å². The average molecular weight is 312 g/mol. The van der Waals surface area contributed by atoms with Crippen molar-refractivity contribution in [1.82, 2.24) is 9.97 Å². The molecule has 0 spiro atoms. The van der Waals surface area contributed by atoms with Gasteiger partial charge in [-0.1, -0.05) is 6.92 Å². The van der Waals surface area contributed by atoms with Crippen LogP contribution in [0, 0.1) is 19.8 Å². The molecule has 0 saturated carbocycles. The summed E-state index contributed by atoms with van der Waals surface area (Å²) in [6.07, 6.45) is 1.77. The van der Waals surface area contributed by atoms with Crippen LogP contribution in [0.25, 0.3) is 0 Å². The lowest BCUT2D eigenvalue weighted by atomic mass is 10.1. The normalized spacial score (nSPS) is 20.4. The summed E-state index contributed by atoms with van der Waals surface area (Å²) in [5.41, 5.74) is 0.981. The number of rotatable bonds is 6. The molecular weight excluding hydrogens is 288 g/mol.